The molecule has 7 heteroatoms. The molecular formula is C19H14FN3O2S. The molecule has 2 N–H and O–H groups in total. The number of hydrogen-bond donors (Lipinski definition) is 2. The molecule has 0 atom stereocenters. The Labute approximate surface area is 152 Å². The lowest BCUT2D eigenvalue weighted by Crippen LogP contribution is -1.91. The van der Waals surface area contributed by atoms with Crippen molar-refractivity contribution in [3.8, 4) is 28.6 Å². The van der Waals surface area contributed by atoms with Gasteiger partial charge in [0.15, 0.2) is 16.7 Å². The summed E-state index contributed by atoms with van der Waals surface area (Å²) in [5.74, 6) is -0.505. The van der Waals surface area contributed by atoms with E-state index in [2.05, 4.69) is 15.3 Å². The van der Waals surface area contributed by atoms with Gasteiger partial charge in [0.2, 0.25) is 5.88 Å². The molecule has 5 nitrogen and oxygen atoms in total. The average molecular weight is 367 g/mol. The van der Waals surface area contributed by atoms with Gasteiger partial charge in [0.25, 0.3) is 0 Å². The van der Waals surface area contributed by atoms with Crippen molar-refractivity contribution >= 4 is 26.7 Å². The summed E-state index contributed by atoms with van der Waals surface area (Å²) in [6, 6.07) is 15.2. The number of aromatic hydroxyl groups is 1. The zero-order valence-corrected chi connectivity index (χ0v) is 14.5. The molecule has 0 aliphatic carbocycles. The molecule has 0 saturated carbocycles. The van der Waals surface area contributed by atoms with Crippen molar-refractivity contribution in [2.45, 2.75) is 0 Å². The Balaban J connectivity index is 1.65. The minimum absolute atomic E-state index is 0.308. The van der Waals surface area contributed by atoms with Crippen LogP contribution < -0.4 is 10.1 Å². The van der Waals surface area contributed by atoms with Crippen LogP contribution in [0.2, 0.25) is 0 Å². The number of hydrogen-bond acceptors (Lipinski definition) is 6. The fraction of sp³-hybridized carbons (Fsp3) is 0.0526. The predicted molar refractivity (Wildman–Crippen MR) is 101 cm³/mol. The molecule has 0 aliphatic rings. The summed E-state index contributed by atoms with van der Waals surface area (Å²) < 4.78 is 19.9. The van der Waals surface area contributed by atoms with E-state index in [9.17, 15) is 9.50 Å². The molecule has 4 rings (SSSR count). The summed E-state index contributed by atoms with van der Waals surface area (Å²) in [5, 5.41) is 13.4. The van der Waals surface area contributed by atoms with E-state index in [0.29, 0.717) is 11.6 Å². The van der Waals surface area contributed by atoms with Crippen LogP contribution in [0.5, 0.6) is 17.4 Å². The number of rotatable bonds is 4. The standard InChI is InChI=1S/C19H14FN3O2S/c1-21-19-23-15-9-11(5-8-17(15)26-19)14-3-2-4-18(22-14)25-12-6-7-13(20)16(24)10-12/h2-10,24H,1H3,(H,21,23). The summed E-state index contributed by atoms with van der Waals surface area (Å²) in [5.41, 5.74) is 2.54. The summed E-state index contributed by atoms with van der Waals surface area (Å²) in [7, 11) is 1.84. The van der Waals surface area contributed by atoms with Crippen LogP contribution in [0.3, 0.4) is 0 Å². The maximum Gasteiger partial charge on any atom is 0.219 e. The molecule has 0 radical (unpaired) electrons. The highest BCUT2D eigenvalue weighted by atomic mass is 32.1. The first kappa shape index (κ1) is 16.3. The number of aromatic nitrogens is 2. The van der Waals surface area contributed by atoms with Gasteiger partial charge in [-0.15, -0.1) is 0 Å². The maximum absolute atomic E-state index is 13.1. The zero-order chi connectivity index (χ0) is 18.1. The molecule has 0 saturated heterocycles. The van der Waals surface area contributed by atoms with Crippen molar-refractivity contribution in [2.75, 3.05) is 12.4 Å². The van der Waals surface area contributed by atoms with Crippen LogP contribution in [0.4, 0.5) is 9.52 Å². The third-order valence-corrected chi connectivity index (χ3v) is 4.81. The Hall–Kier alpha value is -3.19. The molecule has 0 aliphatic heterocycles. The van der Waals surface area contributed by atoms with E-state index in [1.807, 2.05) is 37.4 Å². The Morgan fingerprint density at radius 3 is 2.77 bits per heavy atom. The number of nitrogens with zero attached hydrogens (tertiary/aromatic N) is 2. The molecule has 0 fully saturated rings. The van der Waals surface area contributed by atoms with Gasteiger partial charge >= 0.3 is 0 Å². The minimum atomic E-state index is -0.698. The maximum atomic E-state index is 13.1. The molecule has 2 heterocycles. The fourth-order valence-electron chi connectivity index (χ4n) is 2.50. The van der Waals surface area contributed by atoms with Gasteiger partial charge in [-0.3, -0.25) is 0 Å². The summed E-state index contributed by atoms with van der Waals surface area (Å²) >= 11 is 1.59. The van der Waals surface area contributed by atoms with E-state index in [1.54, 1.807) is 17.4 Å². The molecular weight excluding hydrogens is 353 g/mol. The summed E-state index contributed by atoms with van der Waals surface area (Å²) in [6.45, 7) is 0. The molecule has 4 aromatic rings. The van der Waals surface area contributed by atoms with E-state index in [0.717, 1.165) is 32.7 Å². The largest absolute Gasteiger partial charge is 0.505 e. The summed E-state index contributed by atoms with van der Waals surface area (Å²) in [6.07, 6.45) is 0. The molecule has 2 aromatic heterocycles. The molecule has 0 bridgehead atoms. The van der Waals surface area contributed by atoms with Crippen molar-refractivity contribution in [2.24, 2.45) is 0 Å². The molecule has 2 aromatic carbocycles. The van der Waals surface area contributed by atoms with E-state index in [-0.39, 0.29) is 0 Å². The van der Waals surface area contributed by atoms with Gasteiger partial charge < -0.3 is 15.2 Å². The Morgan fingerprint density at radius 1 is 1.08 bits per heavy atom. The van der Waals surface area contributed by atoms with Crippen LogP contribution >= 0.6 is 11.3 Å². The van der Waals surface area contributed by atoms with Crippen molar-refractivity contribution in [3.63, 3.8) is 0 Å². The van der Waals surface area contributed by atoms with Crippen molar-refractivity contribution < 1.29 is 14.2 Å². The fourth-order valence-corrected chi connectivity index (χ4v) is 3.30. The Morgan fingerprint density at radius 2 is 1.96 bits per heavy atom. The number of pyridine rings is 1. The van der Waals surface area contributed by atoms with E-state index < -0.39 is 11.6 Å². The predicted octanol–water partition coefficient (Wildman–Crippen LogP) is 5.04. The second kappa shape index (κ2) is 6.61. The molecule has 0 spiro atoms. The van der Waals surface area contributed by atoms with Gasteiger partial charge in [-0.05, 0) is 30.3 Å². The monoisotopic (exact) mass is 367 g/mol. The Bertz CT molecular complexity index is 1100. The normalized spacial score (nSPS) is 10.8. The van der Waals surface area contributed by atoms with Crippen molar-refractivity contribution in [1.29, 1.82) is 0 Å². The number of nitrogens with one attached hydrogen (secondary N) is 1. The van der Waals surface area contributed by atoms with Crippen LogP contribution in [0.1, 0.15) is 0 Å². The SMILES string of the molecule is CNc1nc2cc(-c3cccc(Oc4ccc(F)c(O)c4)n3)ccc2s1. The third-order valence-electron chi connectivity index (χ3n) is 3.76. The number of ether oxygens (including phenoxy) is 1. The Kier molecular flexibility index (Phi) is 4.14. The quantitative estimate of drug-likeness (QED) is 0.529. The van der Waals surface area contributed by atoms with Gasteiger partial charge in [0.05, 0.1) is 15.9 Å². The highest BCUT2D eigenvalue weighted by molar-refractivity contribution is 7.22. The van der Waals surface area contributed by atoms with Gasteiger partial charge in [0.1, 0.15) is 5.75 Å². The topological polar surface area (TPSA) is 67.3 Å². The number of thiazole rings is 1. The van der Waals surface area contributed by atoms with Crippen LogP contribution in [0, 0.1) is 5.82 Å². The van der Waals surface area contributed by atoms with Crippen molar-refractivity contribution in [3.05, 3.63) is 60.4 Å². The first-order valence-electron chi connectivity index (χ1n) is 7.84. The number of benzene rings is 2. The van der Waals surface area contributed by atoms with Crippen LogP contribution in [0.15, 0.2) is 54.6 Å². The lowest BCUT2D eigenvalue weighted by Gasteiger charge is -2.07. The zero-order valence-electron chi connectivity index (χ0n) is 13.7. The van der Waals surface area contributed by atoms with Crippen LogP contribution in [0.25, 0.3) is 21.5 Å². The molecule has 0 unspecified atom stereocenters. The molecule has 0 amide bonds. The highest BCUT2D eigenvalue weighted by Gasteiger charge is 2.08. The number of fused-ring (bicyclic) bond motifs is 1. The number of phenols is 1. The minimum Gasteiger partial charge on any atom is -0.505 e. The lowest BCUT2D eigenvalue weighted by molar-refractivity contribution is 0.418. The number of anilines is 1. The van der Waals surface area contributed by atoms with Gasteiger partial charge in [0, 0.05) is 24.7 Å². The second-order valence-electron chi connectivity index (χ2n) is 5.53. The highest BCUT2D eigenvalue weighted by Crippen LogP contribution is 2.31. The number of phenolic OH excluding ortho intramolecular Hbond substituents is 1. The van der Waals surface area contributed by atoms with E-state index in [1.165, 1.54) is 12.1 Å². The van der Waals surface area contributed by atoms with E-state index >= 15 is 0 Å². The van der Waals surface area contributed by atoms with Gasteiger partial charge in [-0.2, -0.15) is 0 Å². The molecule has 130 valence electrons. The first-order valence-corrected chi connectivity index (χ1v) is 8.66. The molecule has 26 heavy (non-hydrogen) atoms. The second-order valence-corrected chi connectivity index (χ2v) is 6.56. The van der Waals surface area contributed by atoms with Gasteiger partial charge in [-0.1, -0.05) is 23.5 Å². The average Bonchev–Trinajstić information content (AvgIpc) is 3.07. The first-order chi connectivity index (χ1) is 12.6. The summed E-state index contributed by atoms with van der Waals surface area (Å²) in [4.78, 5) is 9.00. The van der Waals surface area contributed by atoms with E-state index in [4.69, 9.17) is 4.74 Å². The number of halogens is 1. The lowest BCUT2D eigenvalue weighted by atomic mass is 10.1. The van der Waals surface area contributed by atoms with Gasteiger partial charge in [-0.25, -0.2) is 14.4 Å². The smallest absolute Gasteiger partial charge is 0.219 e. The third kappa shape index (κ3) is 3.16. The van der Waals surface area contributed by atoms with Crippen LogP contribution in [-0.2, 0) is 0 Å². The van der Waals surface area contributed by atoms with Crippen molar-refractivity contribution in [1.82, 2.24) is 9.97 Å². The van der Waals surface area contributed by atoms with Crippen LogP contribution in [-0.4, -0.2) is 22.1 Å².